The zero-order chi connectivity index (χ0) is 14.4. The largest absolute Gasteiger partial charge is 0.300 e. The van der Waals surface area contributed by atoms with Gasteiger partial charge in [0.05, 0.1) is 0 Å². The average molecular weight is 277 g/mol. The Morgan fingerprint density at radius 2 is 2.20 bits per heavy atom. The Morgan fingerprint density at radius 3 is 2.95 bits per heavy atom. The molecule has 0 amide bonds. The minimum Gasteiger partial charge on any atom is -0.300 e. The monoisotopic (exact) mass is 277 g/mol. The van der Waals surface area contributed by atoms with Gasteiger partial charge in [0.2, 0.25) is 0 Å². The van der Waals surface area contributed by atoms with Crippen LogP contribution in [0.4, 0.5) is 4.39 Å². The molecular formula is C17H24FNO. The maximum Gasteiger partial charge on any atom is 0.164 e. The van der Waals surface area contributed by atoms with Crippen LogP contribution in [0.5, 0.6) is 0 Å². The van der Waals surface area contributed by atoms with Crippen molar-refractivity contribution >= 4 is 5.78 Å². The van der Waals surface area contributed by atoms with Gasteiger partial charge in [-0.05, 0) is 37.9 Å². The van der Waals surface area contributed by atoms with Crippen molar-refractivity contribution in [2.45, 2.75) is 51.5 Å². The van der Waals surface area contributed by atoms with Crippen LogP contribution in [0.2, 0.25) is 0 Å². The smallest absolute Gasteiger partial charge is 0.164 e. The van der Waals surface area contributed by atoms with Crippen molar-refractivity contribution in [1.82, 2.24) is 4.90 Å². The van der Waals surface area contributed by atoms with Gasteiger partial charge in [-0.15, -0.1) is 0 Å². The van der Waals surface area contributed by atoms with Crippen LogP contribution >= 0.6 is 0 Å². The van der Waals surface area contributed by atoms with Gasteiger partial charge < -0.3 is 0 Å². The van der Waals surface area contributed by atoms with Crippen molar-refractivity contribution < 1.29 is 9.18 Å². The molecule has 0 radical (unpaired) electrons. The van der Waals surface area contributed by atoms with Crippen LogP contribution in [0.1, 0.15) is 55.8 Å². The number of hydrogen-bond donors (Lipinski definition) is 0. The second-order valence-electron chi connectivity index (χ2n) is 5.63. The van der Waals surface area contributed by atoms with E-state index in [1.807, 2.05) is 0 Å². The fourth-order valence-corrected chi connectivity index (χ4v) is 3.04. The van der Waals surface area contributed by atoms with E-state index < -0.39 is 0 Å². The summed E-state index contributed by atoms with van der Waals surface area (Å²) in [7, 11) is 0. The Kier molecular flexibility index (Phi) is 5.72. The van der Waals surface area contributed by atoms with E-state index in [-0.39, 0.29) is 11.6 Å². The molecule has 0 N–H and O–H groups in total. The first-order valence-corrected chi connectivity index (χ1v) is 7.73. The molecule has 2 nitrogen and oxygen atoms in total. The summed E-state index contributed by atoms with van der Waals surface area (Å²) in [6.07, 6.45) is 6.70. The number of carbonyl (C=O) groups is 1. The summed E-state index contributed by atoms with van der Waals surface area (Å²) in [6, 6.07) is 6.62. The van der Waals surface area contributed by atoms with Crippen LogP contribution in [0.25, 0.3) is 0 Å². The second-order valence-corrected chi connectivity index (χ2v) is 5.63. The van der Waals surface area contributed by atoms with E-state index in [0.29, 0.717) is 18.0 Å². The van der Waals surface area contributed by atoms with Gasteiger partial charge in [-0.25, -0.2) is 4.39 Å². The van der Waals surface area contributed by atoms with Gasteiger partial charge >= 0.3 is 0 Å². The highest BCUT2D eigenvalue weighted by atomic mass is 19.1. The highest BCUT2D eigenvalue weighted by Crippen LogP contribution is 2.19. The molecule has 1 atom stereocenters. The Bertz CT molecular complexity index is 446. The molecule has 0 bridgehead atoms. The minimum absolute atomic E-state index is 0.0450. The zero-order valence-corrected chi connectivity index (χ0v) is 12.3. The molecule has 1 saturated heterocycles. The van der Waals surface area contributed by atoms with E-state index >= 15 is 0 Å². The molecule has 2 rings (SSSR count). The number of rotatable bonds is 5. The molecule has 1 fully saturated rings. The van der Waals surface area contributed by atoms with E-state index in [9.17, 15) is 9.18 Å². The van der Waals surface area contributed by atoms with Crippen molar-refractivity contribution in [2.24, 2.45) is 0 Å². The van der Waals surface area contributed by atoms with Crippen LogP contribution in [-0.4, -0.2) is 29.8 Å². The molecule has 0 saturated carbocycles. The molecule has 20 heavy (non-hydrogen) atoms. The van der Waals surface area contributed by atoms with E-state index in [4.69, 9.17) is 0 Å². The fraction of sp³-hybridized carbons (Fsp3) is 0.588. The number of halogens is 1. The number of carbonyl (C=O) groups excluding carboxylic acids is 1. The van der Waals surface area contributed by atoms with Crippen LogP contribution in [0, 0.1) is 5.82 Å². The molecule has 110 valence electrons. The molecule has 1 aliphatic heterocycles. The number of benzene rings is 1. The summed E-state index contributed by atoms with van der Waals surface area (Å²) in [5.41, 5.74) is 0.493. The number of Topliss-reactive ketones (excluding diaryl/α,β-unsaturated/α-hetero) is 1. The maximum absolute atomic E-state index is 13.1. The molecule has 1 aromatic carbocycles. The highest BCUT2D eigenvalue weighted by Gasteiger charge is 2.20. The van der Waals surface area contributed by atoms with E-state index in [1.54, 1.807) is 12.1 Å². The molecule has 1 aromatic rings. The lowest BCUT2D eigenvalue weighted by molar-refractivity contribution is 0.0948. The number of likely N-dealkylation sites (tertiary alicyclic amines) is 1. The highest BCUT2D eigenvalue weighted by molar-refractivity contribution is 5.96. The van der Waals surface area contributed by atoms with E-state index in [2.05, 4.69) is 11.8 Å². The molecule has 1 aliphatic rings. The first-order chi connectivity index (χ1) is 9.70. The first kappa shape index (κ1) is 15.2. The van der Waals surface area contributed by atoms with Gasteiger partial charge in [-0.1, -0.05) is 31.9 Å². The summed E-state index contributed by atoms with van der Waals surface area (Å²) in [5.74, 6) is -0.291. The topological polar surface area (TPSA) is 20.3 Å². The molecule has 1 unspecified atom stereocenters. The molecule has 0 spiro atoms. The van der Waals surface area contributed by atoms with Gasteiger partial charge in [-0.3, -0.25) is 9.69 Å². The fourth-order valence-electron chi connectivity index (χ4n) is 3.04. The standard InChI is InChI=1S/C17H24FNO/c1-2-16-9-4-3-5-11-19(16)12-10-17(20)14-7-6-8-15(18)13-14/h6-8,13,16H,2-5,9-12H2,1H3. The van der Waals surface area contributed by atoms with Crippen molar-refractivity contribution in [3.63, 3.8) is 0 Å². The molecule has 1 heterocycles. The first-order valence-electron chi connectivity index (χ1n) is 7.73. The van der Waals surface area contributed by atoms with E-state index in [0.717, 1.165) is 19.5 Å². The van der Waals surface area contributed by atoms with E-state index in [1.165, 1.54) is 37.8 Å². The van der Waals surface area contributed by atoms with Crippen LogP contribution in [0.3, 0.4) is 0 Å². The average Bonchev–Trinajstić information content (AvgIpc) is 2.69. The second kappa shape index (κ2) is 7.53. The molecule has 3 heteroatoms. The van der Waals surface area contributed by atoms with Gasteiger partial charge in [-0.2, -0.15) is 0 Å². The zero-order valence-electron chi connectivity index (χ0n) is 12.3. The lowest BCUT2D eigenvalue weighted by Crippen LogP contribution is -2.36. The predicted octanol–water partition coefficient (Wildman–Crippen LogP) is 4.05. The summed E-state index contributed by atoms with van der Waals surface area (Å²) < 4.78 is 13.1. The number of hydrogen-bond acceptors (Lipinski definition) is 2. The molecule has 0 aromatic heterocycles. The minimum atomic E-state index is -0.336. The maximum atomic E-state index is 13.1. The van der Waals surface area contributed by atoms with Crippen molar-refractivity contribution in [1.29, 1.82) is 0 Å². The van der Waals surface area contributed by atoms with Gasteiger partial charge in [0, 0.05) is 24.6 Å². The van der Waals surface area contributed by atoms with Crippen molar-refractivity contribution in [2.75, 3.05) is 13.1 Å². The van der Waals surface area contributed by atoms with Crippen LogP contribution < -0.4 is 0 Å². The lowest BCUT2D eigenvalue weighted by atomic mass is 10.1. The molecule has 0 aliphatic carbocycles. The number of nitrogens with zero attached hydrogens (tertiary/aromatic N) is 1. The summed E-state index contributed by atoms with van der Waals surface area (Å²) in [5, 5.41) is 0. The third kappa shape index (κ3) is 4.14. The SMILES string of the molecule is CCC1CCCCCN1CCC(=O)c1cccc(F)c1. The van der Waals surface area contributed by atoms with Gasteiger partial charge in [0.1, 0.15) is 5.82 Å². The van der Waals surface area contributed by atoms with Gasteiger partial charge in [0.15, 0.2) is 5.78 Å². The Hall–Kier alpha value is -1.22. The third-order valence-electron chi connectivity index (χ3n) is 4.24. The summed E-state index contributed by atoms with van der Waals surface area (Å²) >= 11 is 0. The summed E-state index contributed by atoms with van der Waals surface area (Å²) in [6.45, 7) is 4.11. The van der Waals surface area contributed by atoms with Crippen LogP contribution in [-0.2, 0) is 0 Å². The summed E-state index contributed by atoms with van der Waals surface area (Å²) in [4.78, 5) is 14.6. The van der Waals surface area contributed by atoms with Crippen LogP contribution in [0.15, 0.2) is 24.3 Å². The predicted molar refractivity (Wildman–Crippen MR) is 79.5 cm³/mol. The van der Waals surface area contributed by atoms with Crippen molar-refractivity contribution in [3.05, 3.63) is 35.6 Å². The van der Waals surface area contributed by atoms with Crippen molar-refractivity contribution in [3.8, 4) is 0 Å². The third-order valence-corrected chi connectivity index (χ3v) is 4.24. The Morgan fingerprint density at radius 1 is 1.35 bits per heavy atom. The quantitative estimate of drug-likeness (QED) is 0.757. The molecular weight excluding hydrogens is 253 g/mol. The lowest BCUT2D eigenvalue weighted by Gasteiger charge is -2.28. The Labute approximate surface area is 121 Å². The van der Waals surface area contributed by atoms with Gasteiger partial charge in [0.25, 0.3) is 0 Å². The Balaban J connectivity index is 1.91. The number of ketones is 1. The normalized spacial score (nSPS) is 20.6.